The lowest BCUT2D eigenvalue weighted by Gasteiger charge is -2.03. The highest BCUT2D eigenvalue weighted by Gasteiger charge is 2.05. The maximum absolute atomic E-state index is 11.6. The van der Waals surface area contributed by atoms with Gasteiger partial charge in [-0.25, -0.2) is 0 Å². The van der Waals surface area contributed by atoms with Crippen LogP contribution in [0.3, 0.4) is 0 Å². The third kappa shape index (κ3) is 4.61. The normalized spacial score (nSPS) is 10.3. The standard InChI is InChI=1S/C13H17BrO/c1-2-3-4-8-12(15)10-11-7-5-6-9-13(11)14/h5-7,9H,2-4,8,10H2,1H3. The molecule has 2 heteroatoms. The molecule has 0 spiro atoms. The summed E-state index contributed by atoms with van der Waals surface area (Å²) in [6, 6.07) is 7.92. The Hall–Kier alpha value is -0.630. The number of halogens is 1. The van der Waals surface area contributed by atoms with Gasteiger partial charge >= 0.3 is 0 Å². The number of hydrogen-bond acceptors (Lipinski definition) is 1. The minimum absolute atomic E-state index is 0.343. The summed E-state index contributed by atoms with van der Waals surface area (Å²) in [6.45, 7) is 2.15. The Morgan fingerprint density at radius 1 is 1.27 bits per heavy atom. The molecule has 0 N–H and O–H groups in total. The number of benzene rings is 1. The van der Waals surface area contributed by atoms with Gasteiger partial charge in [0.15, 0.2) is 0 Å². The number of unbranched alkanes of at least 4 members (excludes halogenated alkanes) is 2. The molecule has 0 aliphatic rings. The van der Waals surface area contributed by atoms with Gasteiger partial charge in [-0.2, -0.15) is 0 Å². The average molecular weight is 269 g/mol. The zero-order chi connectivity index (χ0) is 11.1. The number of carbonyl (C=O) groups is 1. The highest BCUT2D eigenvalue weighted by atomic mass is 79.9. The lowest BCUT2D eigenvalue weighted by Crippen LogP contribution is -2.02. The fraction of sp³-hybridized carbons (Fsp3) is 0.462. The van der Waals surface area contributed by atoms with Gasteiger partial charge in [0.25, 0.3) is 0 Å². The van der Waals surface area contributed by atoms with E-state index in [2.05, 4.69) is 22.9 Å². The average Bonchev–Trinajstić information content (AvgIpc) is 2.22. The molecule has 1 aromatic carbocycles. The van der Waals surface area contributed by atoms with E-state index in [0.29, 0.717) is 12.2 Å². The van der Waals surface area contributed by atoms with Crippen LogP contribution in [-0.4, -0.2) is 5.78 Å². The van der Waals surface area contributed by atoms with Gasteiger partial charge in [0.1, 0.15) is 5.78 Å². The molecular formula is C13H17BrO. The van der Waals surface area contributed by atoms with E-state index in [1.165, 1.54) is 6.42 Å². The first kappa shape index (κ1) is 12.4. The van der Waals surface area contributed by atoms with Crippen molar-refractivity contribution in [3.63, 3.8) is 0 Å². The maximum Gasteiger partial charge on any atom is 0.137 e. The first-order valence-corrected chi connectivity index (χ1v) is 6.28. The van der Waals surface area contributed by atoms with Crippen LogP contribution in [0.5, 0.6) is 0 Å². The molecule has 0 radical (unpaired) electrons. The monoisotopic (exact) mass is 268 g/mol. The smallest absolute Gasteiger partial charge is 0.137 e. The Morgan fingerprint density at radius 3 is 2.67 bits per heavy atom. The first-order valence-electron chi connectivity index (χ1n) is 5.49. The minimum Gasteiger partial charge on any atom is -0.299 e. The SMILES string of the molecule is CCCCCC(=O)Cc1ccccc1Br. The highest BCUT2D eigenvalue weighted by molar-refractivity contribution is 9.10. The molecule has 0 saturated heterocycles. The molecule has 0 heterocycles. The van der Waals surface area contributed by atoms with E-state index in [4.69, 9.17) is 0 Å². The lowest BCUT2D eigenvalue weighted by molar-refractivity contribution is -0.118. The Kier molecular flexibility index (Phi) is 5.62. The summed E-state index contributed by atoms with van der Waals surface area (Å²) in [7, 11) is 0. The van der Waals surface area contributed by atoms with E-state index in [0.717, 1.165) is 29.3 Å². The van der Waals surface area contributed by atoms with Crippen molar-refractivity contribution in [2.75, 3.05) is 0 Å². The van der Waals surface area contributed by atoms with Gasteiger partial charge in [-0.3, -0.25) is 4.79 Å². The van der Waals surface area contributed by atoms with Gasteiger partial charge < -0.3 is 0 Å². The second-order valence-corrected chi connectivity index (χ2v) is 4.62. The summed E-state index contributed by atoms with van der Waals surface area (Å²) in [5.41, 5.74) is 1.10. The minimum atomic E-state index is 0.343. The zero-order valence-corrected chi connectivity index (χ0v) is 10.7. The van der Waals surface area contributed by atoms with Gasteiger partial charge in [0, 0.05) is 17.3 Å². The largest absolute Gasteiger partial charge is 0.299 e. The van der Waals surface area contributed by atoms with Gasteiger partial charge in [0.05, 0.1) is 0 Å². The van der Waals surface area contributed by atoms with E-state index in [9.17, 15) is 4.79 Å². The van der Waals surface area contributed by atoms with Crippen LogP contribution in [-0.2, 0) is 11.2 Å². The number of carbonyl (C=O) groups excluding carboxylic acids is 1. The summed E-state index contributed by atoms with van der Waals surface area (Å²) in [5, 5.41) is 0. The van der Waals surface area contributed by atoms with Crippen LogP contribution in [0.2, 0.25) is 0 Å². The van der Waals surface area contributed by atoms with Crippen LogP contribution in [0.1, 0.15) is 38.2 Å². The molecule has 0 atom stereocenters. The van der Waals surface area contributed by atoms with Crippen molar-refractivity contribution < 1.29 is 4.79 Å². The quantitative estimate of drug-likeness (QED) is 0.709. The molecule has 0 bridgehead atoms. The summed E-state index contributed by atoms with van der Waals surface area (Å²) in [4.78, 5) is 11.6. The van der Waals surface area contributed by atoms with E-state index in [1.807, 2.05) is 24.3 Å². The van der Waals surface area contributed by atoms with Gasteiger partial charge in [-0.15, -0.1) is 0 Å². The molecule has 0 aliphatic carbocycles. The fourth-order valence-electron chi connectivity index (χ4n) is 1.51. The van der Waals surface area contributed by atoms with Crippen LogP contribution in [0.4, 0.5) is 0 Å². The van der Waals surface area contributed by atoms with E-state index < -0.39 is 0 Å². The molecule has 0 unspecified atom stereocenters. The Balaban J connectivity index is 2.41. The summed E-state index contributed by atoms with van der Waals surface area (Å²) in [5.74, 6) is 0.343. The molecule has 0 aliphatic heterocycles. The topological polar surface area (TPSA) is 17.1 Å². The predicted octanol–water partition coefficient (Wildman–Crippen LogP) is 4.14. The summed E-state index contributed by atoms with van der Waals surface area (Å²) in [6.07, 6.45) is 4.63. The second-order valence-electron chi connectivity index (χ2n) is 3.76. The van der Waals surface area contributed by atoms with Crippen LogP contribution >= 0.6 is 15.9 Å². The molecular weight excluding hydrogens is 252 g/mol. The van der Waals surface area contributed by atoms with Crippen LogP contribution < -0.4 is 0 Å². The molecule has 1 aromatic rings. The Labute approximate surface area is 100 Å². The van der Waals surface area contributed by atoms with Gasteiger partial charge in [-0.05, 0) is 18.1 Å². The molecule has 1 rings (SSSR count). The van der Waals surface area contributed by atoms with Crippen molar-refractivity contribution in [2.24, 2.45) is 0 Å². The molecule has 82 valence electrons. The Bertz CT molecular complexity index is 320. The van der Waals surface area contributed by atoms with Crippen LogP contribution in [0, 0.1) is 0 Å². The van der Waals surface area contributed by atoms with Crippen molar-refractivity contribution in [3.8, 4) is 0 Å². The van der Waals surface area contributed by atoms with Crippen LogP contribution in [0.25, 0.3) is 0 Å². The van der Waals surface area contributed by atoms with E-state index in [1.54, 1.807) is 0 Å². The second kappa shape index (κ2) is 6.78. The maximum atomic E-state index is 11.6. The third-order valence-corrected chi connectivity index (χ3v) is 3.18. The molecule has 0 saturated carbocycles. The number of ketones is 1. The fourth-order valence-corrected chi connectivity index (χ4v) is 1.94. The van der Waals surface area contributed by atoms with Gasteiger partial charge in [-0.1, -0.05) is 53.9 Å². The molecule has 15 heavy (non-hydrogen) atoms. The van der Waals surface area contributed by atoms with Crippen molar-refractivity contribution in [3.05, 3.63) is 34.3 Å². The number of rotatable bonds is 6. The predicted molar refractivity (Wildman–Crippen MR) is 67.0 cm³/mol. The van der Waals surface area contributed by atoms with E-state index in [-0.39, 0.29) is 0 Å². The summed E-state index contributed by atoms with van der Waals surface area (Å²) >= 11 is 3.45. The van der Waals surface area contributed by atoms with Gasteiger partial charge in [0.2, 0.25) is 0 Å². The number of Topliss-reactive ketones (excluding diaryl/α,β-unsaturated/α-hetero) is 1. The molecule has 0 aromatic heterocycles. The van der Waals surface area contributed by atoms with Crippen molar-refractivity contribution in [2.45, 2.75) is 39.0 Å². The highest BCUT2D eigenvalue weighted by Crippen LogP contribution is 2.17. The van der Waals surface area contributed by atoms with Crippen LogP contribution in [0.15, 0.2) is 28.7 Å². The van der Waals surface area contributed by atoms with Crippen molar-refractivity contribution >= 4 is 21.7 Å². The first-order chi connectivity index (χ1) is 7.24. The molecule has 0 fully saturated rings. The zero-order valence-electron chi connectivity index (χ0n) is 9.13. The Morgan fingerprint density at radius 2 is 2.00 bits per heavy atom. The van der Waals surface area contributed by atoms with Crippen molar-refractivity contribution in [1.82, 2.24) is 0 Å². The third-order valence-electron chi connectivity index (χ3n) is 2.40. The lowest BCUT2D eigenvalue weighted by atomic mass is 10.0. The molecule has 1 nitrogen and oxygen atoms in total. The van der Waals surface area contributed by atoms with E-state index >= 15 is 0 Å². The van der Waals surface area contributed by atoms with Crippen molar-refractivity contribution in [1.29, 1.82) is 0 Å². The number of hydrogen-bond donors (Lipinski definition) is 0. The summed E-state index contributed by atoms with van der Waals surface area (Å²) < 4.78 is 1.04. The molecule has 0 amide bonds.